The summed E-state index contributed by atoms with van der Waals surface area (Å²) in [4.78, 5) is 55.3. The normalized spacial score (nSPS) is 17.6. The molecule has 0 unspecified atom stereocenters. The lowest BCUT2D eigenvalue weighted by Gasteiger charge is -2.30. The van der Waals surface area contributed by atoms with E-state index in [1.54, 1.807) is 36.4 Å². The number of ether oxygens (including phenoxy) is 5. The molecule has 272 valence electrons. The Bertz CT molecular complexity index is 1680. The number of nitrogens with one attached hydrogen (secondary N) is 1. The second kappa shape index (κ2) is 17.6. The lowest BCUT2D eigenvalue weighted by Crippen LogP contribution is -2.51. The van der Waals surface area contributed by atoms with Crippen molar-refractivity contribution < 1.29 is 52.4 Å². The van der Waals surface area contributed by atoms with Gasteiger partial charge in [-0.25, -0.2) is 14.0 Å². The van der Waals surface area contributed by atoms with Crippen LogP contribution in [0.15, 0.2) is 60.7 Å². The third-order valence-electron chi connectivity index (χ3n) is 8.81. The molecular formula is C37H42FN3O10. The molecular weight excluding hydrogens is 665 g/mol. The van der Waals surface area contributed by atoms with E-state index < -0.39 is 41.7 Å². The second-order valence-corrected chi connectivity index (χ2v) is 12.2. The molecule has 2 aliphatic heterocycles. The van der Waals surface area contributed by atoms with Crippen molar-refractivity contribution in [2.75, 3.05) is 58.9 Å². The lowest BCUT2D eigenvalue weighted by molar-refractivity contribution is 0.0179. The maximum Gasteiger partial charge on any atom is 0.407 e. The van der Waals surface area contributed by atoms with Crippen molar-refractivity contribution in [3.05, 3.63) is 88.7 Å². The van der Waals surface area contributed by atoms with E-state index in [0.29, 0.717) is 36.5 Å². The number of rotatable bonds is 13. The molecule has 2 saturated heterocycles. The molecule has 2 heterocycles. The van der Waals surface area contributed by atoms with Gasteiger partial charge < -0.3 is 43.9 Å². The number of hydrogen-bond acceptors (Lipinski definition) is 10. The minimum Gasteiger partial charge on any atom is -0.468 e. The minimum absolute atomic E-state index is 0.0378. The maximum absolute atomic E-state index is 16.0. The summed E-state index contributed by atoms with van der Waals surface area (Å²) in [5.41, 5.74) is 0.620. The number of hydrogen-bond donors (Lipinski definition) is 2. The van der Waals surface area contributed by atoms with Gasteiger partial charge in [-0.15, -0.1) is 0 Å². The van der Waals surface area contributed by atoms with Crippen molar-refractivity contribution in [2.45, 2.75) is 44.2 Å². The summed E-state index contributed by atoms with van der Waals surface area (Å²) < 4.78 is 42.7. The fraction of sp³-hybridized carbons (Fsp3) is 0.405. The number of nitrogens with zero attached hydrogens (tertiary/aromatic N) is 2. The van der Waals surface area contributed by atoms with Gasteiger partial charge >= 0.3 is 12.1 Å². The standard InChI is InChI=1S/C37H42FN3O10/c1-47-22-49-27-14-12-25(13-15-27)35(43)39-28-21-41(37(45)46)20-6-7-30(28)51-36(44)26-10-8-24(9-11-26)34(42)32-31(50-23-48-2)17-16-29(33(32)38)40-18-4-3-5-19-40/h8-17,28,30H,3-7,18-23H2,1-2H3,(H,39,43)(H,45,46)/t28-,30-/m1/s1. The van der Waals surface area contributed by atoms with Crippen LogP contribution in [-0.2, 0) is 14.2 Å². The number of carbonyl (C=O) groups excluding carboxylic acids is 3. The number of methoxy groups -OCH3 is 2. The SMILES string of the molecule is COCOc1ccc(C(=O)N[C@@H]2CN(C(=O)O)CCC[C@H]2OC(=O)c2ccc(C(=O)c3c(OCOC)ccc(N4CCCCC4)c3F)cc2)cc1. The van der Waals surface area contributed by atoms with Crippen LogP contribution >= 0.6 is 0 Å². The van der Waals surface area contributed by atoms with Gasteiger partial charge in [0.2, 0.25) is 0 Å². The number of ketones is 1. The monoisotopic (exact) mass is 707 g/mol. The van der Waals surface area contributed by atoms with Crippen LogP contribution in [0.3, 0.4) is 0 Å². The highest BCUT2D eigenvalue weighted by Crippen LogP contribution is 2.33. The number of amides is 2. The number of esters is 1. The summed E-state index contributed by atoms with van der Waals surface area (Å²) in [7, 11) is 2.91. The maximum atomic E-state index is 16.0. The smallest absolute Gasteiger partial charge is 0.407 e. The summed E-state index contributed by atoms with van der Waals surface area (Å²) in [6.07, 6.45) is 1.58. The van der Waals surface area contributed by atoms with E-state index >= 15 is 4.39 Å². The van der Waals surface area contributed by atoms with Gasteiger partial charge in [-0.3, -0.25) is 9.59 Å². The average molecular weight is 708 g/mol. The number of likely N-dealkylation sites (tertiary alicyclic amines) is 1. The fourth-order valence-electron chi connectivity index (χ4n) is 6.15. The van der Waals surface area contributed by atoms with Crippen molar-refractivity contribution in [2.24, 2.45) is 0 Å². The first-order chi connectivity index (χ1) is 24.7. The largest absolute Gasteiger partial charge is 0.468 e. The van der Waals surface area contributed by atoms with Crippen LogP contribution in [0, 0.1) is 5.82 Å². The van der Waals surface area contributed by atoms with Crippen molar-refractivity contribution in [3.63, 3.8) is 0 Å². The molecule has 2 N–H and O–H groups in total. The summed E-state index contributed by atoms with van der Waals surface area (Å²) in [5.74, 6) is -2.00. The number of carbonyl (C=O) groups is 4. The Morgan fingerprint density at radius 2 is 1.45 bits per heavy atom. The molecule has 0 bridgehead atoms. The number of benzene rings is 3. The number of piperidine rings is 1. The van der Waals surface area contributed by atoms with Crippen molar-refractivity contribution in [1.29, 1.82) is 0 Å². The molecule has 0 aliphatic carbocycles. The lowest BCUT2D eigenvalue weighted by atomic mass is 9.99. The summed E-state index contributed by atoms with van der Waals surface area (Å²) in [6.45, 7) is 1.31. The van der Waals surface area contributed by atoms with Gasteiger partial charge in [0.25, 0.3) is 5.91 Å². The Hall–Kier alpha value is -5.21. The molecule has 51 heavy (non-hydrogen) atoms. The number of anilines is 1. The number of carboxylic acid groups (broad SMARTS) is 1. The van der Waals surface area contributed by atoms with Crippen molar-refractivity contribution in [1.82, 2.24) is 10.2 Å². The third kappa shape index (κ3) is 9.32. The molecule has 0 saturated carbocycles. The highest BCUT2D eigenvalue weighted by molar-refractivity contribution is 6.11. The van der Waals surface area contributed by atoms with Gasteiger partial charge in [0.15, 0.2) is 25.2 Å². The van der Waals surface area contributed by atoms with Gasteiger partial charge in [-0.2, -0.15) is 0 Å². The van der Waals surface area contributed by atoms with Gasteiger partial charge in [0, 0.05) is 51.5 Å². The molecule has 2 amide bonds. The first-order valence-corrected chi connectivity index (χ1v) is 16.8. The Kier molecular flexibility index (Phi) is 12.8. The molecule has 3 aromatic rings. The molecule has 3 aromatic carbocycles. The quantitative estimate of drug-likeness (QED) is 0.138. The molecule has 5 rings (SSSR count). The highest BCUT2D eigenvalue weighted by Gasteiger charge is 2.34. The van der Waals surface area contributed by atoms with Crippen molar-refractivity contribution in [3.8, 4) is 11.5 Å². The zero-order valence-corrected chi connectivity index (χ0v) is 28.6. The molecule has 2 fully saturated rings. The minimum atomic E-state index is -1.16. The summed E-state index contributed by atoms with van der Waals surface area (Å²) in [5, 5.41) is 12.5. The molecule has 2 aliphatic rings. The van der Waals surface area contributed by atoms with E-state index in [2.05, 4.69) is 5.32 Å². The molecule has 14 heteroatoms. The average Bonchev–Trinajstić information content (AvgIpc) is 3.35. The molecule has 0 radical (unpaired) electrons. The second-order valence-electron chi connectivity index (χ2n) is 12.2. The van der Waals surface area contributed by atoms with Gasteiger partial charge in [-0.05, 0) is 80.6 Å². The van der Waals surface area contributed by atoms with Gasteiger partial charge in [0.05, 0.1) is 17.3 Å². The van der Waals surface area contributed by atoms with Crippen LogP contribution in [0.4, 0.5) is 14.9 Å². The highest BCUT2D eigenvalue weighted by atomic mass is 19.1. The zero-order valence-electron chi connectivity index (χ0n) is 28.6. The van der Waals surface area contributed by atoms with Crippen LogP contribution in [0.25, 0.3) is 0 Å². The van der Waals surface area contributed by atoms with Crippen LogP contribution in [0.2, 0.25) is 0 Å². The number of halogens is 1. The van der Waals surface area contributed by atoms with E-state index in [4.69, 9.17) is 23.7 Å². The zero-order chi connectivity index (χ0) is 36.3. The Labute approximate surface area is 295 Å². The first-order valence-electron chi connectivity index (χ1n) is 16.8. The predicted octanol–water partition coefficient (Wildman–Crippen LogP) is 5.11. The Balaban J connectivity index is 1.32. The third-order valence-corrected chi connectivity index (χ3v) is 8.81. The first kappa shape index (κ1) is 37.1. The topological polar surface area (TPSA) is 153 Å². The fourth-order valence-corrected chi connectivity index (χ4v) is 6.15. The van der Waals surface area contributed by atoms with Crippen LogP contribution < -0.4 is 19.7 Å². The summed E-state index contributed by atoms with van der Waals surface area (Å²) >= 11 is 0. The van der Waals surface area contributed by atoms with E-state index in [0.717, 1.165) is 19.3 Å². The Morgan fingerprint density at radius 1 is 0.804 bits per heavy atom. The van der Waals surface area contributed by atoms with Gasteiger partial charge in [0.1, 0.15) is 23.2 Å². The molecule has 0 spiro atoms. The molecule has 0 aromatic heterocycles. The predicted molar refractivity (Wildman–Crippen MR) is 183 cm³/mol. The van der Waals surface area contributed by atoms with E-state index in [9.17, 15) is 24.3 Å². The van der Waals surface area contributed by atoms with Crippen molar-refractivity contribution >= 4 is 29.4 Å². The molecule has 2 atom stereocenters. The van der Waals surface area contributed by atoms with Crippen LogP contribution in [-0.4, -0.2) is 99.9 Å². The molecule has 13 nitrogen and oxygen atoms in total. The van der Waals surface area contributed by atoms with Gasteiger partial charge in [-0.1, -0.05) is 12.1 Å². The van der Waals surface area contributed by atoms with E-state index in [1.807, 2.05) is 4.90 Å². The van der Waals surface area contributed by atoms with Crippen LogP contribution in [0.1, 0.15) is 68.7 Å². The van der Waals surface area contributed by atoms with E-state index in [1.165, 1.54) is 43.4 Å². The van der Waals surface area contributed by atoms with Crippen LogP contribution in [0.5, 0.6) is 11.5 Å². The Morgan fingerprint density at radius 3 is 2.12 bits per heavy atom. The summed E-state index contributed by atoms with van der Waals surface area (Å²) in [6, 6.07) is 14.2. The van der Waals surface area contributed by atoms with E-state index in [-0.39, 0.29) is 55.5 Å².